The highest BCUT2D eigenvalue weighted by molar-refractivity contribution is 9.10. The van der Waals surface area contributed by atoms with Crippen LogP contribution >= 0.6 is 15.9 Å². The van der Waals surface area contributed by atoms with Gasteiger partial charge in [-0.15, -0.1) is 0 Å². The molecular formula is C16H10BrFN2O. The van der Waals surface area contributed by atoms with Crippen LogP contribution in [0.4, 0.5) is 4.39 Å². The maximum absolute atomic E-state index is 13.1. The molecule has 0 atom stereocenters. The quantitative estimate of drug-likeness (QED) is 0.663. The Bertz CT molecular complexity index is 960. The molecule has 0 aliphatic heterocycles. The summed E-state index contributed by atoms with van der Waals surface area (Å²) in [4.78, 5) is 11.4. The van der Waals surface area contributed by atoms with Gasteiger partial charge >= 0.3 is 0 Å². The SMILES string of the molecule is [2H]c1c([2H])c(-n2cc(C=O)c(-c3ccc(F)cc3)n2)c([2H])c([2H])c1Br. The smallest absolute Gasteiger partial charge is 0.153 e. The zero-order valence-corrected chi connectivity index (χ0v) is 12.1. The number of carbonyl (C=O) groups excluding carboxylic acids is 1. The summed E-state index contributed by atoms with van der Waals surface area (Å²) in [7, 11) is 0. The third kappa shape index (κ3) is 2.78. The van der Waals surface area contributed by atoms with Crippen LogP contribution < -0.4 is 0 Å². The summed E-state index contributed by atoms with van der Waals surface area (Å²) in [5.41, 5.74) is 0.866. The van der Waals surface area contributed by atoms with Crippen molar-refractivity contribution < 1.29 is 14.7 Å². The van der Waals surface area contributed by atoms with Gasteiger partial charge in [-0.05, 0) is 48.4 Å². The molecule has 3 aromatic rings. The van der Waals surface area contributed by atoms with Crippen LogP contribution in [0.15, 0.2) is 59.1 Å². The summed E-state index contributed by atoms with van der Waals surface area (Å²) in [6, 6.07) is 4.31. The molecule has 0 radical (unpaired) electrons. The Balaban J connectivity index is 2.24. The first kappa shape index (κ1) is 9.63. The van der Waals surface area contributed by atoms with E-state index in [0.717, 1.165) is 4.68 Å². The van der Waals surface area contributed by atoms with E-state index in [0.29, 0.717) is 11.8 Å². The summed E-state index contributed by atoms with van der Waals surface area (Å²) >= 11 is 3.03. The van der Waals surface area contributed by atoms with Crippen molar-refractivity contribution in [2.75, 3.05) is 0 Å². The van der Waals surface area contributed by atoms with Crippen molar-refractivity contribution in [3.63, 3.8) is 0 Å². The molecule has 0 aliphatic rings. The van der Waals surface area contributed by atoms with E-state index in [1.807, 2.05) is 0 Å². The van der Waals surface area contributed by atoms with Crippen molar-refractivity contribution in [3.05, 3.63) is 70.5 Å². The molecule has 0 saturated heterocycles. The van der Waals surface area contributed by atoms with Gasteiger partial charge in [0.15, 0.2) is 6.29 Å². The Morgan fingerprint density at radius 3 is 2.48 bits per heavy atom. The zero-order valence-electron chi connectivity index (χ0n) is 14.5. The van der Waals surface area contributed by atoms with Crippen LogP contribution in [0, 0.1) is 5.82 Å². The topological polar surface area (TPSA) is 34.9 Å². The van der Waals surface area contributed by atoms with Gasteiger partial charge in [0.2, 0.25) is 0 Å². The van der Waals surface area contributed by atoms with E-state index in [-0.39, 0.29) is 45.6 Å². The van der Waals surface area contributed by atoms with Crippen LogP contribution in [0.5, 0.6) is 0 Å². The normalized spacial score (nSPS) is 13.2. The fourth-order valence-electron chi connectivity index (χ4n) is 1.83. The Morgan fingerprint density at radius 1 is 1.19 bits per heavy atom. The monoisotopic (exact) mass is 348 g/mol. The first-order valence-corrected chi connectivity index (χ1v) is 6.71. The minimum Gasteiger partial charge on any atom is -0.298 e. The molecule has 1 heterocycles. The predicted octanol–water partition coefficient (Wildman–Crippen LogP) is 4.25. The van der Waals surface area contributed by atoms with E-state index >= 15 is 0 Å². The molecule has 2 aromatic carbocycles. The van der Waals surface area contributed by atoms with Gasteiger partial charge in [-0.25, -0.2) is 9.07 Å². The summed E-state index contributed by atoms with van der Waals surface area (Å²) in [6.07, 6.45) is 1.89. The van der Waals surface area contributed by atoms with Gasteiger partial charge in [0, 0.05) is 16.2 Å². The second-order valence-corrected chi connectivity index (χ2v) is 4.96. The molecule has 0 unspecified atom stereocenters. The van der Waals surface area contributed by atoms with Gasteiger partial charge in [0.1, 0.15) is 11.5 Å². The van der Waals surface area contributed by atoms with Gasteiger partial charge in [0.25, 0.3) is 0 Å². The molecule has 1 aromatic heterocycles. The maximum Gasteiger partial charge on any atom is 0.153 e. The average molecular weight is 349 g/mol. The van der Waals surface area contributed by atoms with Crippen molar-refractivity contribution in [3.8, 4) is 16.9 Å². The average Bonchev–Trinajstić information content (AvgIpc) is 3.03. The minimum absolute atomic E-state index is 0.0489. The fraction of sp³-hybridized carbons (Fsp3) is 0. The highest BCUT2D eigenvalue weighted by Crippen LogP contribution is 2.23. The largest absolute Gasteiger partial charge is 0.298 e. The molecule has 0 aliphatic carbocycles. The lowest BCUT2D eigenvalue weighted by molar-refractivity contribution is 0.112. The maximum atomic E-state index is 13.1. The lowest BCUT2D eigenvalue weighted by Crippen LogP contribution is -1.94. The van der Waals surface area contributed by atoms with Crippen molar-refractivity contribution in [2.45, 2.75) is 0 Å². The zero-order chi connectivity index (χ0) is 18.3. The van der Waals surface area contributed by atoms with E-state index < -0.39 is 5.82 Å². The molecule has 0 N–H and O–H groups in total. The number of halogens is 2. The lowest BCUT2D eigenvalue weighted by atomic mass is 10.1. The van der Waals surface area contributed by atoms with Crippen LogP contribution in [0.1, 0.15) is 15.8 Å². The van der Waals surface area contributed by atoms with Gasteiger partial charge in [-0.3, -0.25) is 4.79 Å². The van der Waals surface area contributed by atoms with Crippen molar-refractivity contribution >= 4 is 22.2 Å². The molecule has 3 rings (SSSR count). The summed E-state index contributed by atoms with van der Waals surface area (Å²) in [5.74, 6) is -0.427. The number of aldehydes is 1. The molecule has 0 saturated carbocycles. The molecule has 0 amide bonds. The molecule has 0 spiro atoms. The van der Waals surface area contributed by atoms with Crippen molar-refractivity contribution in [2.24, 2.45) is 0 Å². The van der Waals surface area contributed by atoms with Gasteiger partial charge in [0.05, 0.1) is 16.7 Å². The van der Waals surface area contributed by atoms with Crippen LogP contribution in [0.3, 0.4) is 0 Å². The van der Waals surface area contributed by atoms with Crippen LogP contribution in [0.25, 0.3) is 16.9 Å². The lowest BCUT2D eigenvalue weighted by Gasteiger charge is -2.01. The highest BCUT2D eigenvalue weighted by atomic mass is 79.9. The third-order valence-corrected chi connectivity index (χ3v) is 3.19. The number of carbonyl (C=O) groups is 1. The van der Waals surface area contributed by atoms with Gasteiger partial charge in [-0.1, -0.05) is 15.9 Å². The third-order valence-electron chi connectivity index (χ3n) is 2.80. The highest BCUT2D eigenvalue weighted by Gasteiger charge is 2.11. The summed E-state index contributed by atoms with van der Waals surface area (Å²) in [5, 5.41) is 4.23. The minimum atomic E-state index is -0.427. The van der Waals surface area contributed by atoms with E-state index in [9.17, 15) is 9.18 Å². The standard InChI is InChI=1S/C16H10BrFN2O/c17-13-3-7-15(8-4-13)20-9-12(10-21)16(19-20)11-1-5-14(18)6-2-11/h1-10H/i3D,4D,7D,8D. The fourth-order valence-corrected chi connectivity index (χ4v) is 2.02. The second kappa shape index (κ2) is 5.61. The van der Waals surface area contributed by atoms with E-state index in [1.54, 1.807) is 0 Å². The molecule has 104 valence electrons. The van der Waals surface area contributed by atoms with Crippen LogP contribution in [-0.2, 0) is 0 Å². The summed E-state index contributed by atoms with van der Waals surface area (Å²) in [6.45, 7) is 0. The first-order valence-electron chi connectivity index (χ1n) is 7.92. The molecule has 3 nitrogen and oxygen atoms in total. The van der Waals surface area contributed by atoms with Crippen LogP contribution in [0.2, 0.25) is 0 Å². The first-order chi connectivity index (χ1) is 11.8. The van der Waals surface area contributed by atoms with Crippen molar-refractivity contribution in [1.29, 1.82) is 0 Å². The van der Waals surface area contributed by atoms with E-state index in [2.05, 4.69) is 21.0 Å². The van der Waals surface area contributed by atoms with E-state index in [1.165, 1.54) is 30.5 Å². The number of hydrogen-bond acceptors (Lipinski definition) is 2. The molecule has 21 heavy (non-hydrogen) atoms. The van der Waals surface area contributed by atoms with Crippen molar-refractivity contribution in [1.82, 2.24) is 9.78 Å². The molecular weight excluding hydrogens is 335 g/mol. The number of hydrogen-bond donors (Lipinski definition) is 0. The number of benzene rings is 2. The summed E-state index contributed by atoms with van der Waals surface area (Å²) < 4.78 is 46.2. The molecule has 0 bridgehead atoms. The molecule has 5 heteroatoms. The Labute approximate surface area is 134 Å². The Morgan fingerprint density at radius 2 is 1.86 bits per heavy atom. The number of aromatic nitrogens is 2. The van der Waals surface area contributed by atoms with Crippen LogP contribution in [-0.4, -0.2) is 16.1 Å². The van der Waals surface area contributed by atoms with Gasteiger partial charge < -0.3 is 0 Å². The molecule has 0 fully saturated rings. The van der Waals surface area contributed by atoms with Gasteiger partial charge in [-0.2, -0.15) is 5.10 Å². The second-order valence-electron chi connectivity index (χ2n) is 4.16. The Hall–Kier alpha value is -2.27. The number of rotatable bonds is 3. The van der Waals surface area contributed by atoms with E-state index in [4.69, 9.17) is 5.48 Å². The number of nitrogens with zero attached hydrogens (tertiary/aromatic N) is 2. The Kier molecular flexibility index (Phi) is 2.57. The predicted molar refractivity (Wildman–Crippen MR) is 82.0 cm³/mol.